The van der Waals surface area contributed by atoms with Gasteiger partial charge in [-0.2, -0.15) is 18.2 Å². The molecular weight excluding hydrogens is 509 g/mol. The summed E-state index contributed by atoms with van der Waals surface area (Å²) in [6, 6.07) is 7.82. The van der Waals surface area contributed by atoms with Crippen LogP contribution in [0, 0.1) is 5.82 Å². The van der Waals surface area contributed by atoms with Gasteiger partial charge in [-0.25, -0.2) is 23.7 Å². The molecule has 38 heavy (non-hydrogen) atoms. The van der Waals surface area contributed by atoms with Gasteiger partial charge in [-0.1, -0.05) is 19.9 Å². The maximum absolute atomic E-state index is 14.6. The predicted molar refractivity (Wildman–Crippen MR) is 131 cm³/mol. The highest BCUT2D eigenvalue weighted by Crippen LogP contribution is 2.28. The van der Waals surface area contributed by atoms with Crippen LogP contribution in [0.1, 0.15) is 30.7 Å². The Balaban J connectivity index is 1.66. The molecule has 3 aromatic heterocycles. The summed E-state index contributed by atoms with van der Waals surface area (Å²) < 4.78 is 69.9. The molecule has 0 fully saturated rings. The summed E-state index contributed by atoms with van der Waals surface area (Å²) in [7, 11) is 0. The zero-order chi connectivity index (χ0) is 27.2. The smallest absolute Gasteiger partial charge is 0.324 e. The topological polar surface area (TPSA) is 89.7 Å². The number of anilines is 2. The number of alkyl halides is 4. The van der Waals surface area contributed by atoms with E-state index in [0.717, 1.165) is 53.6 Å². The molecule has 8 nitrogen and oxygen atoms in total. The van der Waals surface area contributed by atoms with E-state index in [1.54, 1.807) is 0 Å². The Kier molecular flexibility index (Phi) is 6.41. The van der Waals surface area contributed by atoms with Gasteiger partial charge in [-0.15, -0.1) is 0 Å². The summed E-state index contributed by atoms with van der Waals surface area (Å²) >= 11 is 0. The van der Waals surface area contributed by atoms with Crippen molar-refractivity contribution >= 4 is 22.7 Å². The van der Waals surface area contributed by atoms with Crippen LogP contribution in [-0.2, 0) is 24.9 Å². The molecule has 0 spiro atoms. The van der Waals surface area contributed by atoms with Crippen LogP contribution in [0.15, 0.2) is 41.3 Å². The number of nitrogens with zero attached hydrogens (tertiary/aromatic N) is 5. The molecule has 0 saturated heterocycles. The maximum Gasteiger partial charge on any atom is 0.408 e. The molecular formula is C25H24F5N7O. The molecule has 4 heterocycles. The van der Waals surface area contributed by atoms with Gasteiger partial charge in [-0.3, -0.25) is 9.18 Å². The van der Waals surface area contributed by atoms with Crippen molar-refractivity contribution in [1.29, 1.82) is 0 Å². The van der Waals surface area contributed by atoms with Gasteiger partial charge in [0.25, 0.3) is 5.56 Å². The highest BCUT2D eigenvalue weighted by atomic mass is 19.4. The van der Waals surface area contributed by atoms with Gasteiger partial charge in [-0.05, 0) is 48.4 Å². The molecule has 0 bridgehead atoms. The fraction of sp³-hybridized carbons (Fsp3) is 0.360. The third kappa shape index (κ3) is 4.85. The lowest BCUT2D eigenvalue weighted by Gasteiger charge is -2.22. The molecule has 1 aliphatic heterocycles. The van der Waals surface area contributed by atoms with Crippen molar-refractivity contribution in [3.63, 3.8) is 0 Å². The van der Waals surface area contributed by atoms with Crippen molar-refractivity contribution in [3.05, 3.63) is 69.5 Å². The first kappa shape index (κ1) is 25.8. The molecule has 0 saturated carbocycles. The van der Waals surface area contributed by atoms with Crippen LogP contribution >= 0.6 is 0 Å². The highest BCUT2D eigenvalue weighted by molar-refractivity contribution is 5.77. The van der Waals surface area contributed by atoms with Crippen molar-refractivity contribution in [2.75, 3.05) is 18.5 Å². The number of benzene rings is 1. The largest absolute Gasteiger partial charge is 0.408 e. The minimum absolute atomic E-state index is 0.0377. The molecule has 5 rings (SSSR count). The third-order valence-corrected chi connectivity index (χ3v) is 6.38. The van der Waals surface area contributed by atoms with E-state index in [-0.39, 0.29) is 28.5 Å². The summed E-state index contributed by atoms with van der Waals surface area (Å²) in [4.78, 5) is 25.6. The van der Waals surface area contributed by atoms with Crippen molar-refractivity contribution in [2.45, 2.75) is 44.9 Å². The minimum atomic E-state index is -4.76. The zero-order valence-electron chi connectivity index (χ0n) is 20.5. The van der Waals surface area contributed by atoms with Gasteiger partial charge >= 0.3 is 6.18 Å². The molecule has 0 unspecified atom stereocenters. The van der Waals surface area contributed by atoms with Gasteiger partial charge in [0.05, 0.1) is 5.69 Å². The number of hydrogen-bond acceptors (Lipinski definition) is 6. The second-order valence-corrected chi connectivity index (χ2v) is 9.77. The van der Waals surface area contributed by atoms with Crippen molar-refractivity contribution in [1.82, 2.24) is 29.6 Å². The molecule has 1 aromatic carbocycles. The second kappa shape index (κ2) is 9.46. The van der Waals surface area contributed by atoms with Crippen LogP contribution in [-0.4, -0.2) is 43.7 Å². The molecule has 200 valence electrons. The first-order valence-corrected chi connectivity index (χ1v) is 11.8. The monoisotopic (exact) mass is 533 g/mol. The summed E-state index contributed by atoms with van der Waals surface area (Å²) in [5.74, 6) is -1.00. The first-order chi connectivity index (χ1) is 18.0. The Bertz CT molecular complexity index is 1580. The Hall–Kier alpha value is -3.87. The number of rotatable bonds is 6. The average molecular weight is 534 g/mol. The average Bonchev–Trinajstić information content (AvgIpc) is 3.13. The Morgan fingerprint density at radius 2 is 1.89 bits per heavy atom. The highest BCUT2D eigenvalue weighted by Gasteiger charge is 2.33. The fourth-order valence-corrected chi connectivity index (χ4v) is 4.41. The normalized spacial score (nSPS) is 14.1. The van der Waals surface area contributed by atoms with E-state index >= 15 is 0 Å². The maximum atomic E-state index is 14.6. The van der Waals surface area contributed by atoms with Crippen LogP contribution < -0.4 is 16.2 Å². The number of halogens is 5. The fourth-order valence-electron chi connectivity index (χ4n) is 4.41. The van der Waals surface area contributed by atoms with E-state index in [0.29, 0.717) is 10.4 Å². The molecule has 0 amide bonds. The molecule has 0 radical (unpaired) electrons. The molecule has 2 N–H and O–H groups in total. The molecule has 13 heteroatoms. The molecule has 4 aromatic rings. The first-order valence-electron chi connectivity index (χ1n) is 11.8. The predicted octanol–water partition coefficient (Wildman–Crippen LogP) is 4.32. The van der Waals surface area contributed by atoms with E-state index < -0.39 is 36.2 Å². The van der Waals surface area contributed by atoms with Gasteiger partial charge < -0.3 is 10.6 Å². The van der Waals surface area contributed by atoms with Gasteiger partial charge in [0.1, 0.15) is 24.4 Å². The van der Waals surface area contributed by atoms with Crippen LogP contribution in [0.4, 0.5) is 33.6 Å². The summed E-state index contributed by atoms with van der Waals surface area (Å²) in [6.45, 7) is 1.81. The van der Waals surface area contributed by atoms with E-state index in [1.807, 2.05) is 18.2 Å². The second-order valence-electron chi connectivity index (χ2n) is 9.77. The summed E-state index contributed by atoms with van der Waals surface area (Å²) in [5, 5.41) is 6.14. The third-order valence-electron chi connectivity index (χ3n) is 6.38. The van der Waals surface area contributed by atoms with Gasteiger partial charge in [0.15, 0.2) is 11.5 Å². The number of hydrogen-bond donors (Lipinski definition) is 2. The van der Waals surface area contributed by atoms with Crippen molar-refractivity contribution in [2.24, 2.45) is 0 Å². The lowest BCUT2D eigenvalue weighted by Crippen LogP contribution is -2.31. The van der Waals surface area contributed by atoms with E-state index in [9.17, 15) is 26.7 Å². The molecule has 0 aliphatic carbocycles. The zero-order valence-corrected chi connectivity index (χ0v) is 20.5. The Morgan fingerprint density at radius 3 is 2.63 bits per heavy atom. The van der Waals surface area contributed by atoms with Crippen LogP contribution in [0.2, 0.25) is 0 Å². The Morgan fingerprint density at radius 1 is 1.11 bits per heavy atom. The lowest BCUT2D eigenvalue weighted by molar-refractivity contribution is -0.144. The van der Waals surface area contributed by atoms with Gasteiger partial charge in [0.2, 0.25) is 5.95 Å². The van der Waals surface area contributed by atoms with E-state index in [2.05, 4.69) is 25.6 Å². The minimum Gasteiger partial charge on any atom is -0.324 e. The Labute approximate surface area is 213 Å². The molecule has 1 aliphatic rings. The number of pyridine rings is 1. The van der Waals surface area contributed by atoms with Gasteiger partial charge in [0, 0.05) is 23.8 Å². The standard InChI is InChI=1S/C25H24F5N7O/c1-24(2,12-26)20-18(27)5-6-19(34-20)37-21-17(22(38)36(37)13-25(28,29)30)11-32-23(35-21)33-16-4-3-15-10-31-8-7-14(15)9-16/h3-6,9,11,31H,7-8,10,12-13H2,1-2H3,(H,32,33,35). The van der Waals surface area contributed by atoms with Crippen molar-refractivity contribution < 1.29 is 22.0 Å². The quantitative estimate of drug-likeness (QED) is 0.359. The van der Waals surface area contributed by atoms with Crippen molar-refractivity contribution in [3.8, 4) is 5.82 Å². The number of aromatic nitrogens is 5. The van der Waals surface area contributed by atoms with E-state index in [4.69, 9.17) is 0 Å². The SMILES string of the molecule is CC(C)(CF)c1nc(-n2c3nc(Nc4ccc5c(c4)CCNC5)ncc3c(=O)n2CC(F)(F)F)ccc1F. The van der Waals surface area contributed by atoms with Crippen LogP contribution in [0.5, 0.6) is 0 Å². The van der Waals surface area contributed by atoms with Crippen LogP contribution in [0.25, 0.3) is 16.9 Å². The van der Waals surface area contributed by atoms with E-state index in [1.165, 1.54) is 13.8 Å². The summed E-state index contributed by atoms with van der Waals surface area (Å²) in [6.07, 6.45) is -2.80. The number of nitrogens with one attached hydrogen (secondary N) is 2. The van der Waals surface area contributed by atoms with Crippen LogP contribution in [0.3, 0.4) is 0 Å². The summed E-state index contributed by atoms with van der Waals surface area (Å²) in [5.41, 5.74) is 0.153. The number of fused-ring (bicyclic) bond motifs is 2. The molecule has 0 atom stereocenters. The lowest BCUT2D eigenvalue weighted by atomic mass is 9.90.